The predicted octanol–water partition coefficient (Wildman–Crippen LogP) is 1.44. The molecule has 0 amide bonds. The Morgan fingerprint density at radius 2 is 2.04 bits per heavy atom. The van der Waals surface area contributed by atoms with E-state index in [0.29, 0.717) is 17.9 Å². The second kappa shape index (κ2) is 9.75. The highest BCUT2D eigenvalue weighted by atomic mass is 32.2. The lowest BCUT2D eigenvalue weighted by Gasteiger charge is -2.57. The molecule has 1 aliphatic carbocycles. The van der Waals surface area contributed by atoms with E-state index in [4.69, 9.17) is 25.1 Å². The van der Waals surface area contributed by atoms with E-state index in [1.807, 2.05) is 6.92 Å². The normalized spacial score (nSPS) is 39.1. The molecule has 2 rings (SSSR count). The Balaban J connectivity index is 2.18. The molecule has 8 nitrogen and oxygen atoms in total. The summed E-state index contributed by atoms with van der Waals surface area (Å²) in [5, 5.41) is 20.7. The zero-order valence-electron chi connectivity index (χ0n) is 17.0. The zero-order chi connectivity index (χ0) is 21.1. The monoisotopic (exact) mass is 419 g/mol. The summed E-state index contributed by atoms with van der Waals surface area (Å²) < 4.78 is 16.7. The van der Waals surface area contributed by atoms with Gasteiger partial charge in [0, 0.05) is 31.6 Å². The van der Waals surface area contributed by atoms with Gasteiger partial charge in [0.1, 0.15) is 11.6 Å². The maximum absolute atomic E-state index is 11.8. The van der Waals surface area contributed by atoms with Crippen molar-refractivity contribution in [2.24, 2.45) is 29.4 Å². The molecule has 0 bridgehead atoms. The average Bonchev–Trinajstić information content (AvgIpc) is 2.62. The van der Waals surface area contributed by atoms with Crippen LogP contribution < -0.4 is 5.73 Å². The third-order valence-electron chi connectivity index (χ3n) is 6.20. The van der Waals surface area contributed by atoms with Gasteiger partial charge in [0.25, 0.3) is 0 Å². The van der Waals surface area contributed by atoms with E-state index < -0.39 is 36.2 Å². The topological polar surface area (TPSA) is 128 Å². The van der Waals surface area contributed by atoms with E-state index in [-0.39, 0.29) is 23.7 Å². The number of aliphatic carboxylic acids is 1. The molecule has 0 radical (unpaired) electrons. The smallest absolute Gasteiger partial charge is 0.321 e. The number of esters is 1. The Bertz CT molecular complexity index is 562. The van der Waals surface area contributed by atoms with Gasteiger partial charge in [0.2, 0.25) is 6.29 Å². The van der Waals surface area contributed by atoms with Crippen molar-refractivity contribution in [2.75, 3.05) is 18.6 Å². The molecule has 0 aromatic rings. The number of thioether (sulfide) groups is 1. The molecule has 4 N–H and O–H groups in total. The van der Waals surface area contributed by atoms with Crippen LogP contribution in [0.3, 0.4) is 0 Å². The van der Waals surface area contributed by atoms with E-state index >= 15 is 0 Å². The number of ether oxygens (including phenoxy) is 3. The highest BCUT2D eigenvalue weighted by molar-refractivity contribution is 7.99. The molecule has 1 saturated carbocycles. The Kier molecular flexibility index (Phi) is 8.16. The first-order valence-corrected chi connectivity index (χ1v) is 10.9. The van der Waals surface area contributed by atoms with Gasteiger partial charge in [0.15, 0.2) is 6.29 Å². The van der Waals surface area contributed by atoms with Gasteiger partial charge >= 0.3 is 11.9 Å². The van der Waals surface area contributed by atoms with Crippen LogP contribution in [-0.2, 0) is 23.8 Å². The van der Waals surface area contributed by atoms with E-state index in [2.05, 4.69) is 6.92 Å². The van der Waals surface area contributed by atoms with Crippen LogP contribution in [0.25, 0.3) is 0 Å². The van der Waals surface area contributed by atoms with Crippen LogP contribution in [0.1, 0.15) is 40.0 Å². The summed E-state index contributed by atoms with van der Waals surface area (Å²) in [7, 11) is 1.54. The van der Waals surface area contributed by atoms with Gasteiger partial charge in [-0.05, 0) is 36.9 Å². The fourth-order valence-electron chi connectivity index (χ4n) is 4.73. The second-order valence-electron chi connectivity index (χ2n) is 8.00. The van der Waals surface area contributed by atoms with Crippen molar-refractivity contribution < 1.29 is 34.0 Å². The lowest BCUT2D eigenvalue weighted by Crippen LogP contribution is -2.67. The number of carbonyl (C=O) groups excluding carboxylic acids is 1. The number of hydrogen-bond donors (Lipinski definition) is 3. The minimum atomic E-state index is -1.31. The molecule has 0 aromatic carbocycles. The number of hydrogen-bond acceptors (Lipinski definition) is 8. The predicted molar refractivity (Wildman–Crippen MR) is 104 cm³/mol. The summed E-state index contributed by atoms with van der Waals surface area (Å²) in [6.45, 7) is 5.37. The van der Waals surface area contributed by atoms with Crippen molar-refractivity contribution in [1.82, 2.24) is 0 Å². The first kappa shape index (κ1) is 23.4. The number of fused-ring (bicyclic) bond motifs is 1. The number of methoxy groups -OCH3 is 1. The SMILES string of the molecule is CO[C@H]1O[C@H](OC(C)=O)[C@]2(O)C(CC[C@@H](C)[C@@H]2CCSC[C@@H](N)C(=O)O)[C@H]1C. The number of carboxylic acid groups (broad SMARTS) is 1. The lowest BCUT2D eigenvalue weighted by molar-refractivity contribution is -0.369. The summed E-state index contributed by atoms with van der Waals surface area (Å²) in [5.74, 6) is -0.683. The van der Waals surface area contributed by atoms with Gasteiger partial charge in [-0.2, -0.15) is 11.8 Å². The van der Waals surface area contributed by atoms with Crippen LogP contribution in [-0.4, -0.2) is 65.0 Å². The Hall–Kier alpha value is -0.870. The minimum Gasteiger partial charge on any atom is -0.480 e. The van der Waals surface area contributed by atoms with Crippen molar-refractivity contribution in [1.29, 1.82) is 0 Å². The van der Waals surface area contributed by atoms with Gasteiger partial charge < -0.3 is 30.2 Å². The average molecular weight is 420 g/mol. The molecule has 9 heteroatoms. The van der Waals surface area contributed by atoms with Crippen molar-refractivity contribution in [3.63, 3.8) is 0 Å². The van der Waals surface area contributed by atoms with Crippen LogP contribution in [0.2, 0.25) is 0 Å². The molecule has 8 atom stereocenters. The maximum Gasteiger partial charge on any atom is 0.321 e. The summed E-state index contributed by atoms with van der Waals surface area (Å²) >= 11 is 1.45. The molecule has 28 heavy (non-hydrogen) atoms. The fourth-order valence-corrected chi connectivity index (χ4v) is 5.72. The van der Waals surface area contributed by atoms with E-state index in [1.165, 1.54) is 18.7 Å². The van der Waals surface area contributed by atoms with Gasteiger partial charge in [-0.1, -0.05) is 13.8 Å². The molecular formula is C19H33NO7S. The molecular weight excluding hydrogens is 386 g/mol. The summed E-state index contributed by atoms with van der Waals surface area (Å²) in [6.07, 6.45) is 0.760. The molecule has 1 aliphatic heterocycles. The van der Waals surface area contributed by atoms with Crippen molar-refractivity contribution >= 4 is 23.7 Å². The largest absolute Gasteiger partial charge is 0.480 e. The number of carboxylic acids is 1. The van der Waals surface area contributed by atoms with Crippen molar-refractivity contribution in [3.05, 3.63) is 0 Å². The lowest BCUT2D eigenvalue weighted by atomic mass is 9.58. The first-order chi connectivity index (χ1) is 13.1. The second-order valence-corrected chi connectivity index (χ2v) is 9.15. The fraction of sp³-hybridized carbons (Fsp3) is 0.895. The van der Waals surface area contributed by atoms with Crippen molar-refractivity contribution in [3.8, 4) is 0 Å². The maximum atomic E-state index is 11.8. The van der Waals surface area contributed by atoms with Crippen LogP contribution in [0.4, 0.5) is 0 Å². The summed E-state index contributed by atoms with van der Waals surface area (Å²) in [4.78, 5) is 22.5. The van der Waals surface area contributed by atoms with Gasteiger partial charge in [0.05, 0.1) is 0 Å². The minimum absolute atomic E-state index is 0.0510. The number of nitrogens with two attached hydrogens (primary N) is 1. The quantitative estimate of drug-likeness (QED) is 0.395. The van der Waals surface area contributed by atoms with Gasteiger partial charge in [-0.3, -0.25) is 9.59 Å². The van der Waals surface area contributed by atoms with E-state index in [1.54, 1.807) is 7.11 Å². The Morgan fingerprint density at radius 1 is 1.36 bits per heavy atom. The Labute approximate surface area is 170 Å². The highest BCUT2D eigenvalue weighted by Crippen LogP contribution is 2.53. The molecule has 0 aromatic heterocycles. The number of carbonyl (C=O) groups is 2. The standard InChI is InChI=1S/C19H33NO7S/c1-10-5-6-14-11(2)17(25-4)27-18(26-12(3)21)19(14,24)13(10)7-8-28-9-15(20)16(22)23/h10-11,13-15,17-18,24H,5-9,20H2,1-4H3,(H,22,23)/t10-,11-,13+,14?,15-,17+,18+,19-/m1/s1. The van der Waals surface area contributed by atoms with Crippen LogP contribution in [0.5, 0.6) is 0 Å². The molecule has 1 unspecified atom stereocenters. The molecule has 1 heterocycles. The molecule has 1 saturated heterocycles. The summed E-state index contributed by atoms with van der Waals surface area (Å²) in [6, 6.07) is -0.904. The molecule has 2 fully saturated rings. The number of aliphatic hydroxyl groups is 1. The molecule has 0 spiro atoms. The third-order valence-corrected chi connectivity index (χ3v) is 7.32. The van der Waals surface area contributed by atoms with E-state index in [9.17, 15) is 14.7 Å². The van der Waals surface area contributed by atoms with Crippen LogP contribution in [0.15, 0.2) is 0 Å². The van der Waals surface area contributed by atoms with E-state index in [0.717, 1.165) is 12.8 Å². The molecule has 162 valence electrons. The van der Waals surface area contributed by atoms with Gasteiger partial charge in [-0.15, -0.1) is 0 Å². The molecule has 2 aliphatic rings. The van der Waals surface area contributed by atoms with Crippen molar-refractivity contribution in [2.45, 2.75) is 64.3 Å². The van der Waals surface area contributed by atoms with Crippen LogP contribution >= 0.6 is 11.8 Å². The highest BCUT2D eigenvalue weighted by Gasteiger charge is 2.61. The summed E-state index contributed by atoms with van der Waals surface area (Å²) in [5.41, 5.74) is 4.25. The first-order valence-electron chi connectivity index (χ1n) is 9.76. The third kappa shape index (κ3) is 4.81. The Morgan fingerprint density at radius 3 is 2.61 bits per heavy atom. The van der Waals surface area contributed by atoms with Crippen LogP contribution in [0, 0.1) is 23.7 Å². The number of rotatable bonds is 8. The zero-order valence-corrected chi connectivity index (χ0v) is 17.8. The van der Waals surface area contributed by atoms with Gasteiger partial charge in [-0.25, -0.2) is 0 Å².